The topological polar surface area (TPSA) is 68.2 Å². The number of halogens is 2. The summed E-state index contributed by atoms with van der Waals surface area (Å²) in [5.74, 6) is -0.129. The van der Waals surface area contributed by atoms with Gasteiger partial charge in [0, 0.05) is 45.2 Å². The Balaban J connectivity index is 1.40. The monoisotopic (exact) mass is 708 g/mol. The lowest BCUT2D eigenvalue weighted by molar-refractivity contribution is 0.112. The van der Waals surface area contributed by atoms with Crippen LogP contribution in [0.5, 0.6) is 0 Å². The van der Waals surface area contributed by atoms with Crippen LogP contribution >= 0.6 is 23.2 Å². The summed E-state index contributed by atoms with van der Waals surface area (Å²) in [6, 6.07) is 39.7. The van der Waals surface area contributed by atoms with Crippen molar-refractivity contribution in [2.24, 2.45) is 0 Å². The quantitative estimate of drug-likeness (QED) is 0.115. The molecule has 8 heteroatoms. The summed E-state index contributed by atoms with van der Waals surface area (Å²) in [5, 5.41) is 2.32. The van der Waals surface area contributed by atoms with Gasteiger partial charge in [0.1, 0.15) is 6.29 Å². The van der Waals surface area contributed by atoms with Crippen LogP contribution in [-0.2, 0) is 35.0 Å². The Bertz CT molecular complexity index is 2130. The second-order valence-electron chi connectivity index (χ2n) is 12.4. The van der Waals surface area contributed by atoms with Gasteiger partial charge in [0.25, 0.3) is 0 Å². The molecule has 0 aliphatic rings. The summed E-state index contributed by atoms with van der Waals surface area (Å²) < 4.78 is 31.9. The van der Waals surface area contributed by atoms with E-state index >= 15 is 0 Å². The highest BCUT2D eigenvalue weighted by Gasteiger charge is 2.26. The predicted molar refractivity (Wildman–Crippen MR) is 201 cm³/mol. The van der Waals surface area contributed by atoms with E-state index in [0.717, 1.165) is 70.0 Å². The Morgan fingerprint density at radius 1 is 0.755 bits per heavy atom. The summed E-state index contributed by atoms with van der Waals surface area (Å²) in [6.45, 7) is 2.10. The first-order valence-corrected chi connectivity index (χ1v) is 18.8. The maximum absolute atomic E-state index is 13.3. The van der Waals surface area contributed by atoms with E-state index in [1.54, 1.807) is 12.1 Å². The van der Waals surface area contributed by atoms with Gasteiger partial charge in [0.05, 0.1) is 11.8 Å². The number of rotatable bonds is 14. The third-order valence-corrected chi connectivity index (χ3v) is 11.0. The number of hydrogen-bond acceptors (Lipinski definition) is 3. The van der Waals surface area contributed by atoms with Crippen LogP contribution in [0.4, 0.5) is 0 Å². The molecule has 250 valence electrons. The normalized spacial score (nSPS) is 11.8. The first kappa shape index (κ1) is 34.7. The van der Waals surface area contributed by atoms with Gasteiger partial charge in [-0.25, -0.2) is 13.1 Å². The molecule has 0 spiro atoms. The smallest absolute Gasteiger partial charge is 0.215 e. The molecule has 0 radical (unpaired) electrons. The number of aldehydes is 1. The van der Waals surface area contributed by atoms with E-state index in [1.165, 1.54) is 0 Å². The van der Waals surface area contributed by atoms with E-state index in [1.807, 2.05) is 61.5 Å². The first-order valence-electron chi connectivity index (χ1n) is 16.4. The van der Waals surface area contributed by atoms with Crippen molar-refractivity contribution in [2.45, 2.75) is 44.4 Å². The maximum Gasteiger partial charge on any atom is 0.215 e. The van der Waals surface area contributed by atoms with Crippen LogP contribution in [0, 0.1) is 6.92 Å². The Kier molecular flexibility index (Phi) is 11.0. The van der Waals surface area contributed by atoms with Gasteiger partial charge < -0.3 is 4.57 Å². The molecule has 1 aromatic heterocycles. The summed E-state index contributed by atoms with van der Waals surface area (Å²) in [6.07, 6.45) is 3.80. The van der Waals surface area contributed by atoms with Crippen LogP contribution in [0.1, 0.15) is 61.9 Å². The average Bonchev–Trinajstić information content (AvgIpc) is 3.39. The molecule has 1 heterocycles. The van der Waals surface area contributed by atoms with Gasteiger partial charge in [-0.1, -0.05) is 120 Å². The zero-order chi connectivity index (χ0) is 34.4. The van der Waals surface area contributed by atoms with E-state index in [4.69, 9.17) is 23.2 Å². The van der Waals surface area contributed by atoms with Crippen molar-refractivity contribution in [3.8, 4) is 0 Å². The van der Waals surface area contributed by atoms with Crippen molar-refractivity contribution in [1.29, 1.82) is 0 Å². The molecule has 0 unspecified atom stereocenters. The summed E-state index contributed by atoms with van der Waals surface area (Å²) >= 11 is 12.8. The molecule has 1 N–H and O–H groups in total. The highest BCUT2D eigenvalue weighted by molar-refractivity contribution is 7.88. The Hall–Kier alpha value is -4.20. The molecule has 0 fully saturated rings. The number of aromatic nitrogens is 1. The molecule has 5 nitrogen and oxygen atoms in total. The van der Waals surface area contributed by atoms with Crippen molar-refractivity contribution in [3.05, 3.63) is 176 Å². The predicted octanol–water partition coefficient (Wildman–Crippen LogP) is 9.54. The molecular weight excluding hydrogens is 671 g/mol. The van der Waals surface area contributed by atoms with Crippen LogP contribution in [0.3, 0.4) is 0 Å². The molecule has 0 aliphatic heterocycles. The van der Waals surface area contributed by atoms with Crippen molar-refractivity contribution >= 4 is 50.4 Å². The first-order chi connectivity index (χ1) is 23.7. The minimum atomic E-state index is -3.63. The summed E-state index contributed by atoms with van der Waals surface area (Å²) in [5.41, 5.74) is 8.87. The van der Waals surface area contributed by atoms with Gasteiger partial charge in [-0.15, -0.1) is 0 Å². The number of nitrogens with zero attached hydrogens (tertiary/aromatic N) is 1. The third kappa shape index (κ3) is 8.34. The SMILES string of the molecule is Cc1cc(CS(=O)(=O)NCCc2c(CCCc3ccc(C=O)cc3)c3cc(Cl)ccc3n2C(c2ccccc2)c2ccccc2)ccc1Cl. The number of nitrogens with one attached hydrogen (secondary N) is 1. The largest absolute Gasteiger partial charge is 0.333 e. The number of hydrogen-bond donors (Lipinski definition) is 1. The number of benzene rings is 5. The Labute approximate surface area is 298 Å². The summed E-state index contributed by atoms with van der Waals surface area (Å²) in [4.78, 5) is 11.2. The molecule has 6 rings (SSSR count). The minimum Gasteiger partial charge on any atom is -0.333 e. The lowest BCUT2D eigenvalue weighted by atomic mass is 9.97. The van der Waals surface area contributed by atoms with Gasteiger partial charge in [-0.3, -0.25) is 4.79 Å². The van der Waals surface area contributed by atoms with Crippen LogP contribution in [0.2, 0.25) is 10.0 Å². The zero-order valence-electron chi connectivity index (χ0n) is 27.3. The summed E-state index contributed by atoms with van der Waals surface area (Å²) in [7, 11) is -3.63. The van der Waals surface area contributed by atoms with Gasteiger partial charge in [0.2, 0.25) is 10.0 Å². The highest BCUT2D eigenvalue weighted by Crippen LogP contribution is 2.38. The van der Waals surface area contributed by atoms with Gasteiger partial charge in [0.15, 0.2) is 0 Å². The Morgan fingerprint density at radius 2 is 1.41 bits per heavy atom. The van der Waals surface area contributed by atoms with Crippen molar-refractivity contribution in [2.75, 3.05) is 6.54 Å². The minimum absolute atomic E-state index is 0.129. The standard InChI is InChI=1S/C41H38Cl2N2O3S/c1-29-25-32(19-21-38(29)43)28-49(47,48)44-24-23-40-36(14-8-9-30-15-17-31(27-46)18-16-30)37-26-35(42)20-22-39(37)45(40)41(33-10-4-2-5-11-33)34-12-6-3-7-13-34/h2-7,10-13,15-22,25-27,41,44H,8-9,14,23-24,28H2,1H3. The fourth-order valence-electron chi connectivity index (χ4n) is 6.64. The van der Waals surface area contributed by atoms with Crippen LogP contribution in [0.25, 0.3) is 10.9 Å². The number of fused-ring (bicyclic) bond motifs is 1. The van der Waals surface area contributed by atoms with Gasteiger partial charge >= 0.3 is 0 Å². The average molecular weight is 710 g/mol. The second kappa shape index (κ2) is 15.6. The van der Waals surface area contributed by atoms with Gasteiger partial charge in [-0.05, 0) is 83.8 Å². The van der Waals surface area contributed by atoms with E-state index < -0.39 is 10.0 Å². The lowest BCUT2D eigenvalue weighted by Crippen LogP contribution is -2.28. The van der Waals surface area contributed by atoms with E-state index in [-0.39, 0.29) is 18.3 Å². The van der Waals surface area contributed by atoms with Crippen molar-refractivity contribution in [1.82, 2.24) is 9.29 Å². The number of carbonyl (C=O) groups excluding carboxylic acids is 1. The molecule has 0 bridgehead atoms. The molecular formula is C41H38Cl2N2O3S. The zero-order valence-corrected chi connectivity index (χ0v) is 29.6. The molecule has 0 atom stereocenters. The van der Waals surface area contributed by atoms with Crippen LogP contribution < -0.4 is 4.72 Å². The molecule has 0 amide bonds. The van der Waals surface area contributed by atoms with E-state index in [2.05, 4.69) is 63.9 Å². The molecule has 0 saturated heterocycles. The van der Waals surface area contributed by atoms with Crippen LogP contribution in [0.15, 0.2) is 121 Å². The molecule has 0 saturated carbocycles. The van der Waals surface area contributed by atoms with Crippen molar-refractivity contribution < 1.29 is 13.2 Å². The molecule has 0 aliphatic carbocycles. The second-order valence-corrected chi connectivity index (χ2v) is 15.0. The molecule has 49 heavy (non-hydrogen) atoms. The lowest BCUT2D eigenvalue weighted by Gasteiger charge is -2.25. The number of sulfonamides is 1. The van der Waals surface area contributed by atoms with Crippen LogP contribution in [-0.4, -0.2) is 25.8 Å². The van der Waals surface area contributed by atoms with E-state index in [0.29, 0.717) is 27.6 Å². The number of carbonyl (C=O) groups is 1. The van der Waals surface area contributed by atoms with Crippen molar-refractivity contribution in [3.63, 3.8) is 0 Å². The maximum atomic E-state index is 13.3. The Morgan fingerprint density at radius 3 is 2.04 bits per heavy atom. The molecule has 6 aromatic rings. The van der Waals surface area contributed by atoms with E-state index in [9.17, 15) is 13.2 Å². The fraction of sp³-hybridized carbons (Fsp3) is 0.195. The van der Waals surface area contributed by atoms with Gasteiger partial charge in [-0.2, -0.15) is 0 Å². The highest BCUT2D eigenvalue weighted by atomic mass is 35.5. The number of aryl methyl sites for hydroxylation is 3. The molecule has 5 aromatic carbocycles. The third-order valence-electron chi connectivity index (χ3n) is 8.94. The fourth-order valence-corrected chi connectivity index (χ4v) is 8.06.